The highest BCUT2D eigenvalue weighted by Gasteiger charge is 2.41. The van der Waals surface area contributed by atoms with Crippen LogP contribution in [0.2, 0.25) is 10.0 Å². The average molecular weight is 604 g/mol. The van der Waals surface area contributed by atoms with E-state index < -0.39 is 11.8 Å². The lowest BCUT2D eigenvalue weighted by Gasteiger charge is -2.36. The topological polar surface area (TPSA) is 59.1 Å². The Kier molecular flexibility index (Phi) is 8.69. The minimum Gasteiger partial charge on any atom is -0.490 e. The van der Waals surface area contributed by atoms with E-state index in [2.05, 4.69) is 0 Å². The number of benzene rings is 4. The van der Waals surface area contributed by atoms with Crippen LogP contribution in [-0.4, -0.2) is 23.5 Å². The van der Waals surface area contributed by atoms with Crippen LogP contribution in [0.25, 0.3) is 6.08 Å². The molecule has 5 rings (SSSR count). The number of anilines is 2. The Bertz CT molecular complexity index is 1580. The number of hydrogen-bond donors (Lipinski definition) is 0. The summed E-state index contributed by atoms with van der Waals surface area (Å²) in [6.07, 6.45) is 1.49. The van der Waals surface area contributed by atoms with Crippen LogP contribution < -0.4 is 19.3 Å². The van der Waals surface area contributed by atoms with Crippen LogP contribution in [0.3, 0.4) is 0 Å². The molecule has 4 aromatic rings. The molecule has 41 heavy (non-hydrogen) atoms. The van der Waals surface area contributed by atoms with Crippen LogP contribution in [0, 0.1) is 0 Å². The normalized spacial score (nSPS) is 13.4. The summed E-state index contributed by atoms with van der Waals surface area (Å²) in [5, 5.41) is 0.882. The Morgan fingerprint density at radius 3 is 1.88 bits per heavy atom. The maximum absolute atomic E-state index is 13.8. The fourth-order valence-electron chi connectivity index (χ4n) is 4.35. The molecular formula is C32H24Cl2N2O4S. The van der Waals surface area contributed by atoms with Gasteiger partial charge in [0.15, 0.2) is 16.6 Å². The number of amides is 2. The van der Waals surface area contributed by atoms with Gasteiger partial charge in [-0.15, -0.1) is 0 Å². The summed E-state index contributed by atoms with van der Waals surface area (Å²) in [5.41, 5.74) is 2.26. The molecule has 0 aromatic heterocycles. The minimum atomic E-state index is -0.550. The van der Waals surface area contributed by atoms with Gasteiger partial charge in [0, 0.05) is 10.6 Å². The molecule has 1 heterocycles. The van der Waals surface area contributed by atoms with E-state index in [1.165, 1.54) is 15.9 Å². The molecule has 0 atom stereocenters. The number of nitrogens with zero attached hydrogens (tertiary/aromatic N) is 2. The number of para-hydroxylation sites is 2. The van der Waals surface area contributed by atoms with Gasteiger partial charge in [0.25, 0.3) is 11.8 Å². The van der Waals surface area contributed by atoms with Gasteiger partial charge in [-0.1, -0.05) is 77.8 Å². The first-order valence-electron chi connectivity index (χ1n) is 12.8. The quantitative estimate of drug-likeness (QED) is 0.117. The van der Waals surface area contributed by atoms with Gasteiger partial charge in [-0.2, -0.15) is 0 Å². The maximum atomic E-state index is 13.8. The Morgan fingerprint density at radius 1 is 0.756 bits per heavy atom. The zero-order valence-electron chi connectivity index (χ0n) is 21.9. The summed E-state index contributed by atoms with van der Waals surface area (Å²) in [6.45, 7) is 2.35. The summed E-state index contributed by atoms with van der Waals surface area (Å²) < 4.78 is 11.8. The molecule has 2 amide bonds. The van der Waals surface area contributed by atoms with Crippen molar-refractivity contribution < 1.29 is 19.1 Å². The Hall–Kier alpha value is -4.17. The van der Waals surface area contributed by atoms with Crippen LogP contribution in [0.15, 0.2) is 103 Å². The van der Waals surface area contributed by atoms with E-state index >= 15 is 0 Å². The molecule has 1 saturated heterocycles. The first kappa shape index (κ1) is 28.4. The lowest BCUT2D eigenvalue weighted by atomic mass is 10.0. The number of ether oxygens (including phenoxy) is 2. The van der Waals surface area contributed by atoms with E-state index in [0.717, 1.165) is 5.56 Å². The van der Waals surface area contributed by atoms with Crippen molar-refractivity contribution in [2.45, 2.75) is 13.5 Å². The first-order chi connectivity index (χ1) is 19.9. The van der Waals surface area contributed by atoms with Crippen molar-refractivity contribution in [2.75, 3.05) is 16.4 Å². The maximum Gasteiger partial charge on any atom is 0.270 e. The molecule has 206 valence electrons. The molecule has 0 bridgehead atoms. The molecule has 0 N–H and O–H groups in total. The van der Waals surface area contributed by atoms with Crippen molar-refractivity contribution in [3.8, 4) is 11.5 Å². The van der Waals surface area contributed by atoms with Crippen molar-refractivity contribution in [3.63, 3.8) is 0 Å². The molecule has 0 radical (unpaired) electrons. The van der Waals surface area contributed by atoms with Crippen molar-refractivity contribution in [1.29, 1.82) is 0 Å². The van der Waals surface area contributed by atoms with Gasteiger partial charge in [0.2, 0.25) is 0 Å². The molecule has 6 nitrogen and oxygen atoms in total. The molecule has 1 aliphatic rings. The monoisotopic (exact) mass is 602 g/mol. The highest BCUT2D eigenvalue weighted by molar-refractivity contribution is 7.81. The highest BCUT2D eigenvalue weighted by Crippen LogP contribution is 2.39. The standard InChI is InChI=1S/C32H24Cl2N2O4S/c1-2-39-28-19-21(18-27(34)29(28)40-20-22-11-9-10-16-26(22)33)17-25-30(37)35(23-12-5-3-6-13-23)32(41)36(31(25)38)24-14-7-4-8-15-24/h3-19H,2,20H2,1H3. The highest BCUT2D eigenvalue weighted by atomic mass is 35.5. The van der Waals surface area contributed by atoms with Crippen molar-refractivity contribution in [3.05, 3.63) is 124 Å². The van der Waals surface area contributed by atoms with Crippen LogP contribution in [0.1, 0.15) is 18.1 Å². The number of rotatable bonds is 8. The van der Waals surface area contributed by atoms with Crippen LogP contribution >= 0.6 is 35.4 Å². The van der Waals surface area contributed by atoms with Crippen LogP contribution in [0.5, 0.6) is 11.5 Å². The third kappa shape index (κ3) is 5.98. The van der Waals surface area contributed by atoms with Gasteiger partial charge < -0.3 is 9.47 Å². The van der Waals surface area contributed by atoms with E-state index in [1.54, 1.807) is 66.7 Å². The zero-order chi connectivity index (χ0) is 28.9. The Morgan fingerprint density at radius 2 is 1.32 bits per heavy atom. The molecule has 0 aliphatic carbocycles. The number of carbonyl (C=O) groups is 2. The zero-order valence-corrected chi connectivity index (χ0v) is 24.2. The number of halogens is 2. The molecule has 4 aromatic carbocycles. The lowest BCUT2D eigenvalue weighted by molar-refractivity contribution is -0.120. The second-order valence-corrected chi connectivity index (χ2v) is 10.1. The molecule has 0 saturated carbocycles. The molecule has 0 unspecified atom stereocenters. The SMILES string of the molecule is CCOc1cc(C=C2C(=O)N(c3ccccc3)C(=S)N(c3ccccc3)C2=O)cc(Cl)c1OCc1ccccc1Cl. The lowest BCUT2D eigenvalue weighted by Crippen LogP contribution is -2.56. The fraction of sp³-hybridized carbons (Fsp3) is 0.0938. The van der Waals surface area contributed by atoms with E-state index in [1.807, 2.05) is 37.3 Å². The van der Waals surface area contributed by atoms with Gasteiger partial charge in [0.05, 0.1) is 23.0 Å². The second kappa shape index (κ2) is 12.6. The summed E-state index contributed by atoms with van der Waals surface area (Å²) in [4.78, 5) is 30.3. The smallest absolute Gasteiger partial charge is 0.270 e. The summed E-state index contributed by atoms with van der Waals surface area (Å²) >= 11 is 18.6. The van der Waals surface area contributed by atoms with Crippen LogP contribution in [-0.2, 0) is 16.2 Å². The molecule has 1 fully saturated rings. The number of hydrogen-bond acceptors (Lipinski definition) is 5. The number of thiocarbonyl (C=S) groups is 1. The summed E-state index contributed by atoms with van der Waals surface area (Å²) in [6, 6.07) is 28.6. The average Bonchev–Trinajstić information content (AvgIpc) is 2.97. The van der Waals surface area contributed by atoms with E-state index in [0.29, 0.717) is 40.1 Å². The van der Waals surface area contributed by atoms with Crippen molar-refractivity contribution in [1.82, 2.24) is 0 Å². The fourth-order valence-corrected chi connectivity index (χ4v) is 5.19. The molecule has 0 spiro atoms. The van der Waals surface area contributed by atoms with Crippen LogP contribution in [0.4, 0.5) is 11.4 Å². The van der Waals surface area contributed by atoms with E-state index in [4.69, 9.17) is 44.9 Å². The largest absolute Gasteiger partial charge is 0.490 e. The van der Waals surface area contributed by atoms with Gasteiger partial charge in [-0.05, 0) is 73.2 Å². The van der Waals surface area contributed by atoms with Crippen molar-refractivity contribution in [2.24, 2.45) is 0 Å². The molecular weight excluding hydrogens is 579 g/mol. The van der Waals surface area contributed by atoms with Gasteiger partial charge in [0.1, 0.15) is 12.2 Å². The molecule has 1 aliphatic heterocycles. The Labute approximate surface area is 253 Å². The van der Waals surface area contributed by atoms with Crippen molar-refractivity contribution >= 4 is 69.8 Å². The predicted molar refractivity (Wildman–Crippen MR) is 167 cm³/mol. The first-order valence-corrected chi connectivity index (χ1v) is 13.9. The van der Waals surface area contributed by atoms with Gasteiger partial charge >= 0.3 is 0 Å². The van der Waals surface area contributed by atoms with Gasteiger partial charge in [-0.25, -0.2) is 0 Å². The van der Waals surface area contributed by atoms with Gasteiger partial charge in [-0.3, -0.25) is 19.4 Å². The summed E-state index contributed by atoms with van der Waals surface area (Å²) in [7, 11) is 0. The van der Waals surface area contributed by atoms with E-state index in [-0.39, 0.29) is 22.3 Å². The second-order valence-electron chi connectivity index (χ2n) is 8.94. The number of carbonyl (C=O) groups excluding carboxylic acids is 2. The summed E-state index contributed by atoms with van der Waals surface area (Å²) in [5.74, 6) is -0.405. The van der Waals surface area contributed by atoms with E-state index in [9.17, 15) is 9.59 Å². The molecule has 9 heteroatoms. The minimum absolute atomic E-state index is 0.0610. The Balaban J connectivity index is 1.56. The third-order valence-electron chi connectivity index (χ3n) is 6.25. The predicted octanol–water partition coefficient (Wildman–Crippen LogP) is 7.72. The third-order valence-corrected chi connectivity index (χ3v) is 7.27.